The number of hydrogen-bond acceptors (Lipinski definition) is 4. The Labute approximate surface area is 128 Å². The smallest absolute Gasteiger partial charge is 0.320 e. The molecular weight excluding hydrogens is 286 g/mol. The summed E-state index contributed by atoms with van der Waals surface area (Å²) in [5, 5.41) is 15.4. The van der Waals surface area contributed by atoms with Crippen LogP contribution < -0.4 is 10.6 Å². The van der Waals surface area contributed by atoms with E-state index in [1.807, 2.05) is 43.3 Å². The van der Waals surface area contributed by atoms with Crippen molar-refractivity contribution in [3.05, 3.63) is 47.7 Å². The number of carbonyl (C=O) groups excluding carboxylic acids is 1. The summed E-state index contributed by atoms with van der Waals surface area (Å²) >= 11 is 1.26. The average molecular weight is 305 g/mol. The van der Waals surface area contributed by atoms with E-state index in [1.54, 1.807) is 0 Å². The number of nitrogens with zero attached hydrogens (tertiary/aromatic N) is 1. The van der Waals surface area contributed by atoms with E-state index >= 15 is 0 Å². The maximum Gasteiger partial charge on any atom is 0.320 e. The first-order chi connectivity index (χ1) is 10.2. The molecule has 0 saturated carbocycles. The molecule has 1 aromatic carbocycles. The summed E-state index contributed by atoms with van der Waals surface area (Å²) in [6.45, 7) is 1.99. The minimum absolute atomic E-state index is 0.112. The van der Waals surface area contributed by atoms with Crippen molar-refractivity contribution in [2.24, 2.45) is 0 Å². The van der Waals surface area contributed by atoms with E-state index in [-0.39, 0.29) is 18.7 Å². The van der Waals surface area contributed by atoms with Crippen molar-refractivity contribution in [1.29, 1.82) is 0 Å². The third-order valence-electron chi connectivity index (χ3n) is 3.02. The number of aryl methyl sites for hydroxylation is 1. The van der Waals surface area contributed by atoms with Crippen LogP contribution in [-0.2, 0) is 0 Å². The summed E-state index contributed by atoms with van der Waals surface area (Å²) in [6, 6.07) is 11.2. The molecule has 1 heterocycles. The van der Waals surface area contributed by atoms with Crippen LogP contribution in [-0.4, -0.2) is 22.1 Å². The number of aliphatic hydroxyl groups excluding tert-OH is 1. The van der Waals surface area contributed by atoms with Crippen molar-refractivity contribution in [1.82, 2.24) is 9.69 Å². The van der Waals surface area contributed by atoms with Crippen LogP contribution in [0, 0.1) is 6.92 Å². The number of aromatic nitrogens is 1. The molecular formula is C15H19N3O2S. The van der Waals surface area contributed by atoms with Gasteiger partial charge in [-0.25, -0.2) is 4.79 Å². The second kappa shape index (κ2) is 7.75. The van der Waals surface area contributed by atoms with Gasteiger partial charge in [-0.3, -0.25) is 5.32 Å². The highest BCUT2D eigenvalue weighted by atomic mass is 32.1. The van der Waals surface area contributed by atoms with Gasteiger partial charge in [-0.2, -0.15) is 4.37 Å². The van der Waals surface area contributed by atoms with Crippen LogP contribution in [0.4, 0.5) is 9.80 Å². The minimum atomic E-state index is -0.259. The van der Waals surface area contributed by atoms with Crippen LogP contribution >= 0.6 is 11.5 Å². The van der Waals surface area contributed by atoms with Crippen LogP contribution in [0.2, 0.25) is 0 Å². The molecule has 2 rings (SSSR count). The third kappa shape index (κ3) is 4.84. The quantitative estimate of drug-likeness (QED) is 0.768. The highest BCUT2D eigenvalue weighted by Gasteiger charge is 2.14. The summed E-state index contributed by atoms with van der Waals surface area (Å²) in [4.78, 5) is 12.1. The summed E-state index contributed by atoms with van der Waals surface area (Å²) in [5.74, 6) is 0. The summed E-state index contributed by atoms with van der Waals surface area (Å²) in [5.41, 5.74) is 1.91. The van der Waals surface area contributed by atoms with Crippen molar-refractivity contribution in [2.45, 2.75) is 25.8 Å². The van der Waals surface area contributed by atoms with Gasteiger partial charge in [-0.1, -0.05) is 30.3 Å². The van der Waals surface area contributed by atoms with Gasteiger partial charge in [0.25, 0.3) is 0 Å². The lowest BCUT2D eigenvalue weighted by Gasteiger charge is -2.19. The molecule has 1 aromatic heterocycles. The molecule has 0 bridgehead atoms. The van der Waals surface area contributed by atoms with E-state index in [0.717, 1.165) is 16.3 Å². The largest absolute Gasteiger partial charge is 0.396 e. The molecule has 0 saturated heterocycles. The number of anilines is 1. The third-order valence-corrected chi connectivity index (χ3v) is 3.82. The molecule has 2 amide bonds. The number of hydrogen-bond donors (Lipinski definition) is 3. The number of urea groups is 1. The Kier molecular flexibility index (Phi) is 5.71. The van der Waals surface area contributed by atoms with Crippen LogP contribution in [0.15, 0.2) is 36.4 Å². The zero-order valence-corrected chi connectivity index (χ0v) is 12.7. The molecule has 6 heteroatoms. The first kappa shape index (κ1) is 15.5. The first-order valence-corrected chi connectivity index (χ1v) is 7.63. The molecule has 0 spiro atoms. The molecule has 1 unspecified atom stereocenters. The topological polar surface area (TPSA) is 74.2 Å². The number of benzene rings is 1. The lowest BCUT2D eigenvalue weighted by molar-refractivity contribution is 0.244. The van der Waals surface area contributed by atoms with Gasteiger partial charge < -0.3 is 10.4 Å². The molecule has 3 N–H and O–H groups in total. The van der Waals surface area contributed by atoms with Gasteiger partial charge in [0.05, 0.1) is 11.7 Å². The fraction of sp³-hybridized carbons (Fsp3) is 0.333. The Bertz CT molecular complexity index is 571. The first-order valence-electron chi connectivity index (χ1n) is 6.85. The normalized spacial score (nSPS) is 11.9. The van der Waals surface area contributed by atoms with E-state index in [2.05, 4.69) is 15.0 Å². The summed E-state index contributed by atoms with van der Waals surface area (Å²) in [6.07, 6.45) is 1.33. The van der Waals surface area contributed by atoms with Gasteiger partial charge in [-0.15, -0.1) is 0 Å². The van der Waals surface area contributed by atoms with Gasteiger partial charge in [0.15, 0.2) is 0 Å². The van der Waals surface area contributed by atoms with E-state index in [1.165, 1.54) is 11.5 Å². The van der Waals surface area contributed by atoms with Crippen molar-refractivity contribution < 1.29 is 9.90 Å². The molecule has 112 valence electrons. The Morgan fingerprint density at radius 3 is 2.76 bits per heavy atom. The highest BCUT2D eigenvalue weighted by Crippen LogP contribution is 2.19. The number of carbonyl (C=O) groups is 1. The maximum atomic E-state index is 12.1. The van der Waals surface area contributed by atoms with Gasteiger partial charge in [0, 0.05) is 6.61 Å². The standard InChI is InChI=1S/C15H19N3O2S/c1-11-10-14(21-18-11)17-15(20)16-13(8-5-9-19)12-6-3-2-4-7-12/h2-4,6-7,10,13,19H,5,8-9H2,1H3,(H2,16,17,20). The second-order valence-electron chi connectivity index (χ2n) is 4.76. The van der Waals surface area contributed by atoms with Crippen LogP contribution in [0.3, 0.4) is 0 Å². The van der Waals surface area contributed by atoms with Crippen LogP contribution in [0.5, 0.6) is 0 Å². The molecule has 0 fully saturated rings. The number of rotatable bonds is 6. The predicted molar refractivity (Wildman–Crippen MR) is 84.5 cm³/mol. The molecule has 2 aromatic rings. The lowest BCUT2D eigenvalue weighted by Crippen LogP contribution is -2.32. The zero-order valence-electron chi connectivity index (χ0n) is 11.9. The number of nitrogens with one attached hydrogen (secondary N) is 2. The van der Waals surface area contributed by atoms with E-state index in [0.29, 0.717) is 12.8 Å². The Balaban J connectivity index is 1.99. The van der Waals surface area contributed by atoms with Crippen molar-refractivity contribution in [2.75, 3.05) is 11.9 Å². The summed E-state index contributed by atoms with van der Waals surface area (Å²) in [7, 11) is 0. The molecule has 1 atom stereocenters. The van der Waals surface area contributed by atoms with Crippen molar-refractivity contribution in [3.63, 3.8) is 0 Å². The maximum absolute atomic E-state index is 12.1. The van der Waals surface area contributed by atoms with Gasteiger partial charge in [0.2, 0.25) is 0 Å². The monoisotopic (exact) mass is 305 g/mol. The van der Waals surface area contributed by atoms with Crippen LogP contribution in [0.25, 0.3) is 0 Å². The minimum Gasteiger partial charge on any atom is -0.396 e. The molecule has 0 aliphatic heterocycles. The summed E-state index contributed by atoms with van der Waals surface area (Å²) < 4.78 is 4.12. The fourth-order valence-electron chi connectivity index (χ4n) is 2.03. The second-order valence-corrected chi connectivity index (χ2v) is 5.57. The Morgan fingerprint density at radius 2 is 2.14 bits per heavy atom. The van der Waals surface area contributed by atoms with Crippen LogP contribution in [0.1, 0.15) is 30.1 Å². The van der Waals surface area contributed by atoms with Crippen molar-refractivity contribution >= 4 is 22.6 Å². The highest BCUT2D eigenvalue weighted by molar-refractivity contribution is 7.10. The Hall–Kier alpha value is -1.92. The number of amides is 2. The zero-order chi connectivity index (χ0) is 15.1. The lowest BCUT2D eigenvalue weighted by atomic mass is 10.0. The number of aliphatic hydroxyl groups is 1. The molecule has 0 aliphatic carbocycles. The molecule has 0 aliphatic rings. The molecule has 21 heavy (non-hydrogen) atoms. The van der Waals surface area contributed by atoms with Gasteiger partial charge >= 0.3 is 6.03 Å². The van der Waals surface area contributed by atoms with E-state index in [4.69, 9.17) is 5.11 Å². The van der Waals surface area contributed by atoms with Gasteiger partial charge in [-0.05, 0) is 42.9 Å². The van der Waals surface area contributed by atoms with Crippen molar-refractivity contribution in [3.8, 4) is 0 Å². The molecule has 0 radical (unpaired) electrons. The SMILES string of the molecule is Cc1cc(NC(=O)NC(CCCO)c2ccccc2)sn1. The van der Waals surface area contributed by atoms with Gasteiger partial charge in [0.1, 0.15) is 5.00 Å². The van der Waals surface area contributed by atoms with E-state index in [9.17, 15) is 4.79 Å². The fourth-order valence-corrected chi connectivity index (χ4v) is 2.69. The van der Waals surface area contributed by atoms with E-state index < -0.39 is 0 Å². The predicted octanol–water partition coefficient (Wildman–Crippen LogP) is 3.09. The molecule has 5 nitrogen and oxygen atoms in total. The average Bonchev–Trinajstić information content (AvgIpc) is 2.89. The Morgan fingerprint density at radius 1 is 1.38 bits per heavy atom.